The normalized spacial score (nSPS) is 10.7. The van der Waals surface area contributed by atoms with E-state index in [0.717, 1.165) is 12.4 Å². The summed E-state index contributed by atoms with van der Waals surface area (Å²) in [6.07, 6.45) is 0. The molecule has 0 saturated heterocycles. The predicted octanol–water partition coefficient (Wildman–Crippen LogP) is 2.77. The molecule has 0 bridgehead atoms. The average Bonchev–Trinajstić information content (AvgIpc) is 2.09. The molecule has 1 nitrogen and oxygen atoms in total. The molecule has 0 atom stereocenters. The fraction of sp³-hybridized carbons (Fsp3) is 0.333. The average molecular weight is 246 g/mol. The molecule has 0 fully saturated rings. The SMILES string of the molecule is CN(CS)Cc1ccccc1Br. The number of rotatable bonds is 3. The van der Waals surface area contributed by atoms with E-state index in [9.17, 15) is 0 Å². The van der Waals surface area contributed by atoms with Gasteiger partial charge in [0.05, 0.1) is 0 Å². The van der Waals surface area contributed by atoms with Crippen LogP contribution in [0.25, 0.3) is 0 Å². The summed E-state index contributed by atoms with van der Waals surface area (Å²) in [4.78, 5) is 2.14. The van der Waals surface area contributed by atoms with Crippen molar-refractivity contribution in [3.8, 4) is 0 Å². The zero-order valence-electron chi connectivity index (χ0n) is 7.00. The van der Waals surface area contributed by atoms with Crippen LogP contribution in [0.2, 0.25) is 0 Å². The molecule has 3 heteroatoms. The van der Waals surface area contributed by atoms with E-state index in [2.05, 4.69) is 45.6 Å². The Morgan fingerprint density at radius 3 is 2.67 bits per heavy atom. The van der Waals surface area contributed by atoms with E-state index in [1.165, 1.54) is 10.0 Å². The van der Waals surface area contributed by atoms with Gasteiger partial charge in [0.25, 0.3) is 0 Å². The Bertz CT molecular complexity index is 252. The molecule has 0 aromatic heterocycles. The van der Waals surface area contributed by atoms with Crippen LogP contribution >= 0.6 is 28.6 Å². The zero-order valence-corrected chi connectivity index (χ0v) is 9.48. The third-order valence-electron chi connectivity index (χ3n) is 1.64. The van der Waals surface area contributed by atoms with Crippen molar-refractivity contribution < 1.29 is 0 Å². The molecule has 1 aromatic rings. The topological polar surface area (TPSA) is 3.24 Å². The van der Waals surface area contributed by atoms with Gasteiger partial charge in [-0.25, -0.2) is 0 Å². The van der Waals surface area contributed by atoms with E-state index < -0.39 is 0 Å². The molecule has 0 unspecified atom stereocenters. The Labute approximate surface area is 87.3 Å². The van der Waals surface area contributed by atoms with E-state index in [0.29, 0.717) is 0 Å². The zero-order chi connectivity index (χ0) is 8.97. The van der Waals surface area contributed by atoms with Crippen LogP contribution in [0.5, 0.6) is 0 Å². The lowest BCUT2D eigenvalue weighted by Crippen LogP contribution is -2.15. The van der Waals surface area contributed by atoms with Gasteiger partial charge >= 0.3 is 0 Å². The van der Waals surface area contributed by atoms with E-state index in [-0.39, 0.29) is 0 Å². The molecule has 1 rings (SSSR count). The fourth-order valence-electron chi connectivity index (χ4n) is 0.967. The van der Waals surface area contributed by atoms with Gasteiger partial charge in [0.1, 0.15) is 0 Å². The van der Waals surface area contributed by atoms with Gasteiger partial charge in [0.2, 0.25) is 0 Å². The molecule has 0 aliphatic heterocycles. The molecule has 0 radical (unpaired) electrons. The number of nitrogens with zero attached hydrogens (tertiary/aromatic N) is 1. The molecular weight excluding hydrogens is 234 g/mol. The van der Waals surface area contributed by atoms with Crippen molar-refractivity contribution in [2.75, 3.05) is 12.9 Å². The molecular formula is C9H12BrNS. The summed E-state index contributed by atoms with van der Waals surface area (Å²) in [5.41, 5.74) is 1.30. The van der Waals surface area contributed by atoms with E-state index in [4.69, 9.17) is 0 Å². The summed E-state index contributed by atoms with van der Waals surface area (Å²) in [7, 11) is 2.05. The first-order valence-corrected chi connectivity index (χ1v) is 5.19. The molecule has 0 aliphatic carbocycles. The predicted molar refractivity (Wildman–Crippen MR) is 59.5 cm³/mol. The highest BCUT2D eigenvalue weighted by Crippen LogP contribution is 2.17. The van der Waals surface area contributed by atoms with Crippen LogP contribution in [0.1, 0.15) is 5.56 Å². The van der Waals surface area contributed by atoms with E-state index in [1.807, 2.05) is 19.2 Å². The number of benzene rings is 1. The van der Waals surface area contributed by atoms with Crippen molar-refractivity contribution in [3.05, 3.63) is 34.3 Å². The van der Waals surface area contributed by atoms with E-state index in [1.54, 1.807) is 0 Å². The second-order valence-corrected chi connectivity index (χ2v) is 3.88. The Morgan fingerprint density at radius 2 is 2.08 bits per heavy atom. The molecule has 0 heterocycles. The Kier molecular flexibility index (Phi) is 4.12. The standard InChI is InChI=1S/C9H12BrNS/c1-11(7-12)6-8-4-2-3-5-9(8)10/h2-5,12H,6-7H2,1H3. The van der Waals surface area contributed by atoms with Crippen LogP contribution in [-0.2, 0) is 6.54 Å². The quantitative estimate of drug-likeness (QED) is 0.634. The van der Waals surface area contributed by atoms with Gasteiger partial charge in [-0.1, -0.05) is 34.1 Å². The van der Waals surface area contributed by atoms with E-state index >= 15 is 0 Å². The number of thiol groups is 1. The molecule has 66 valence electrons. The van der Waals surface area contributed by atoms with Gasteiger partial charge in [-0.05, 0) is 18.7 Å². The smallest absolute Gasteiger partial charge is 0.0414 e. The first-order chi connectivity index (χ1) is 5.74. The molecule has 0 aliphatic rings. The van der Waals surface area contributed by atoms with Crippen molar-refractivity contribution in [1.29, 1.82) is 0 Å². The monoisotopic (exact) mass is 245 g/mol. The summed E-state index contributed by atoms with van der Waals surface area (Å²) in [6, 6.07) is 8.24. The second kappa shape index (κ2) is 4.90. The Balaban J connectivity index is 2.69. The lowest BCUT2D eigenvalue weighted by atomic mass is 10.2. The van der Waals surface area contributed by atoms with Gasteiger partial charge in [0.15, 0.2) is 0 Å². The maximum atomic E-state index is 4.19. The highest BCUT2D eigenvalue weighted by molar-refractivity contribution is 9.10. The first-order valence-electron chi connectivity index (χ1n) is 3.77. The van der Waals surface area contributed by atoms with Crippen molar-refractivity contribution in [2.45, 2.75) is 6.54 Å². The second-order valence-electron chi connectivity index (χ2n) is 2.75. The molecule has 12 heavy (non-hydrogen) atoms. The first kappa shape index (κ1) is 10.1. The third kappa shape index (κ3) is 2.81. The van der Waals surface area contributed by atoms with Crippen molar-refractivity contribution >= 4 is 28.6 Å². The molecule has 0 spiro atoms. The molecule has 0 saturated carbocycles. The van der Waals surface area contributed by atoms with Crippen LogP contribution < -0.4 is 0 Å². The van der Waals surface area contributed by atoms with Crippen molar-refractivity contribution in [1.82, 2.24) is 4.90 Å². The molecule has 1 aromatic carbocycles. The highest BCUT2D eigenvalue weighted by atomic mass is 79.9. The van der Waals surface area contributed by atoms with Gasteiger partial charge < -0.3 is 0 Å². The molecule has 0 N–H and O–H groups in total. The minimum absolute atomic E-state index is 0.779. The van der Waals surface area contributed by atoms with Gasteiger partial charge in [0, 0.05) is 16.9 Å². The largest absolute Gasteiger partial charge is 0.293 e. The maximum Gasteiger partial charge on any atom is 0.0414 e. The summed E-state index contributed by atoms with van der Waals surface area (Å²) in [5, 5.41) is 0. The third-order valence-corrected chi connectivity index (χ3v) is 2.90. The van der Waals surface area contributed by atoms with Gasteiger partial charge in [-0.15, -0.1) is 0 Å². The van der Waals surface area contributed by atoms with Gasteiger partial charge in [-0.2, -0.15) is 12.6 Å². The van der Waals surface area contributed by atoms with Crippen molar-refractivity contribution in [2.24, 2.45) is 0 Å². The molecule has 0 amide bonds. The number of hydrogen-bond donors (Lipinski definition) is 1. The maximum absolute atomic E-state index is 4.19. The Morgan fingerprint density at radius 1 is 1.42 bits per heavy atom. The Hall–Kier alpha value is 0.01000. The summed E-state index contributed by atoms with van der Waals surface area (Å²) >= 11 is 7.69. The van der Waals surface area contributed by atoms with Crippen LogP contribution in [0.4, 0.5) is 0 Å². The van der Waals surface area contributed by atoms with Crippen LogP contribution in [-0.4, -0.2) is 17.8 Å². The number of halogens is 1. The minimum atomic E-state index is 0.779. The van der Waals surface area contributed by atoms with Crippen LogP contribution in [0.3, 0.4) is 0 Å². The summed E-state index contributed by atoms with van der Waals surface area (Å²) < 4.78 is 1.17. The summed E-state index contributed by atoms with van der Waals surface area (Å²) in [5.74, 6) is 0.779. The lowest BCUT2D eigenvalue weighted by Gasteiger charge is -2.13. The lowest BCUT2D eigenvalue weighted by molar-refractivity contribution is 0.387. The highest BCUT2D eigenvalue weighted by Gasteiger charge is 2.00. The fourth-order valence-corrected chi connectivity index (χ4v) is 1.48. The van der Waals surface area contributed by atoms with Crippen LogP contribution in [0, 0.1) is 0 Å². The minimum Gasteiger partial charge on any atom is -0.293 e. The van der Waals surface area contributed by atoms with Gasteiger partial charge in [-0.3, -0.25) is 4.90 Å². The summed E-state index contributed by atoms with van der Waals surface area (Å²) in [6.45, 7) is 0.935. The number of hydrogen-bond acceptors (Lipinski definition) is 2. The van der Waals surface area contributed by atoms with Crippen molar-refractivity contribution in [3.63, 3.8) is 0 Å². The van der Waals surface area contributed by atoms with Crippen LogP contribution in [0.15, 0.2) is 28.7 Å².